The molecule has 1 N–H and O–H groups in total. The summed E-state index contributed by atoms with van der Waals surface area (Å²) in [6.07, 6.45) is 1.96. The first-order valence-electron chi connectivity index (χ1n) is 7.01. The number of carbonyl (C=O) groups excluding carboxylic acids is 2. The summed E-state index contributed by atoms with van der Waals surface area (Å²) < 4.78 is 66.2. The van der Waals surface area contributed by atoms with Crippen molar-refractivity contribution in [2.75, 3.05) is 38.0 Å². The summed E-state index contributed by atoms with van der Waals surface area (Å²) in [6.45, 7) is 1.65. The van der Waals surface area contributed by atoms with Crippen LogP contribution in [-0.4, -0.2) is 54.8 Å². The van der Waals surface area contributed by atoms with Gasteiger partial charge in [0, 0.05) is 39.1 Å². The lowest BCUT2D eigenvalue weighted by atomic mass is 10.2. The van der Waals surface area contributed by atoms with Gasteiger partial charge in [0.15, 0.2) is 29.6 Å². The van der Waals surface area contributed by atoms with Crippen molar-refractivity contribution in [2.24, 2.45) is 0 Å². The van der Waals surface area contributed by atoms with Crippen molar-refractivity contribution in [1.82, 2.24) is 9.80 Å². The number of piperazine rings is 1. The van der Waals surface area contributed by atoms with Gasteiger partial charge in [-0.05, 0) is 0 Å². The number of anilines is 1. The summed E-state index contributed by atoms with van der Waals surface area (Å²) in [4.78, 5) is 25.2. The minimum absolute atomic E-state index is 0.181. The molecule has 10 heteroatoms. The molecule has 1 heterocycles. The Balaban J connectivity index is 2.05. The average molecular weight is 350 g/mol. The Hall–Kier alpha value is -2.23. The van der Waals surface area contributed by atoms with E-state index in [1.54, 1.807) is 11.6 Å². The standard InChI is InChI=1S/C14H13F5N3O2/c15-8-9(16)11(18)13(12(19)10(8)17)20-14(24)22-5-3-21(4-6-22)2-1-7-23/h1-6H2,(H,20,24). The highest BCUT2D eigenvalue weighted by Crippen LogP contribution is 2.27. The normalized spacial score (nSPS) is 15.5. The van der Waals surface area contributed by atoms with Crippen LogP contribution in [0.1, 0.15) is 6.42 Å². The minimum atomic E-state index is -2.29. The van der Waals surface area contributed by atoms with Gasteiger partial charge >= 0.3 is 6.03 Å². The molecule has 5 nitrogen and oxygen atoms in total. The van der Waals surface area contributed by atoms with Crippen LogP contribution < -0.4 is 5.32 Å². The molecule has 0 aromatic heterocycles. The third kappa shape index (κ3) is 3.64. The highest BCUT2D eigenvalue weighted by Gasteiger charge is 2.28. The first-order chi connectivity index (χ1) is 11.4. The molecular formula is C14H13F5N3O2. The molecule has 2 amide bonds. The summed E-state index contributed by atoms with van der Waals surface area (Å²) >= 11 is 0. The predicted molar refractivity (Wildman–Crippen MR) is 73.6 cm³/mol. The van der Waals surface area contributed by atoms with Gasteiger partial charge in [-0.2, -0.15) is 0 Å². The molecular weight excluding hydrogens is 337 g/mol. The summed E-state index contributed by atoms with van der Waals surface area (Å²) in [5.74, 6) is -10.7. The second-order valence-electron chi connectivity index (χ2n) is 5.10. The average Bonchev–Trinajstić information content (AvgIpc) is 2.60. The highest BCUT2D eigenvalue weighted by molar-refractivity contribution is 5.89. The van der Waals surface area contributed by atoms with Gasteiger partial charge in [-0.3, -0.25) is 9.69 Å². The van der Waals surface area contributed by atoms with E-state index in [2.05, 4.69) is 0 Å². The van der Waals surface area contributed by atoms with E-state index in [0.29, 0.717) is 19.6 Å². The van der Waals surface area contributed by atoms with Crippen LogP contribution in [0.3, 0.4) is 0 Å². The lowest BCUT2D eigenvalue weighted by molar-refractivity contribution is 0.149. The van der Waals surface area contributed by atoms with Crippen LogP contribution in [0.4, 0.5) is 32.4 Å². The van der Waals surface area contributed by atoms with Crippen LogP contribution in [0, 0.1) is 29.1 Å². The van der Waals surface area contributed by atoms with E-state index in [9.17, 15) is 31.5 Å². The third-order valence-corrected chi connectivity index (χ3v) is 3.63. The fraction of sp³-hybridized carbons (Fsp3) is 0.429. The van der Waals surface area contributed by atoms with Crippen LogP contribution in [0.5, 0.6) is 0 Å². The fourth-order valence-corrected chi connectivity index (χ4v) is 2.28. The second kappa shape index (κ2) is 7.56. The zero-order valence-corrected chi connectivity index (χ0v) is 12.3. The van der Waals surface area contributed by atoms with Gasteiger partial charge in [0.25, 0.3) is 0 Å². The van der Waals surface area contributed by atoms with Crippen molar-refractivity contribution < 1.29 is 31.5 Å². The van der Waals surface area contributed by atoms with Crippen LogP contribution in [0.25, 0.3) is 0 Å². The largest absolute Gasteiger partial charge is 0.322 e. The summed E-state index contributed by atoms with van der Waals surface area (Å²) in [6, 6.07) is -0.972. The molecule has 2 rings (SSSR count). The van der Waals surface area contributed by atoms with Crippen molar-refractivity contribution >= 4 is 18.0 Å². The molecule has 0 aliphatic carbocycles. The molecule has 1 aromatic carbocycles. The number of nitrogens with one attached hydrogen (secondary N) is 1. The van der Waals surface area contributed by atoms with Crippen molar-refractivity contribution in [3.05, 3.63) is 29.1 Å². The lowest BCUT2D eigenvalue weighted by Gasteiger charge is -2.34. The number of urea groups is 1. The van der Waals surface area contributed by atoms with E-state index in [1.807, 2.05) is 4.90 Å². The maximum Gasteiger partial charge on any atom is 0.322 e. The molecule has 1 saturated heterocycles. The molecule has 0 atom stereocenters. The number of hydrogen-bond acceptors (Lipinski definition) is 3. The van der Waals surface area contributed by atoms with Crippen LogP contribution in [0.15, 0.2) is 0 Å². The summed E-state index contributed by atoms with van der Waals surface area (Å²) in [7, 11) is 0. The highest BCUT2D eigenvalue weighted by atomic mass is 19.2. The van der Waals surface area contributed by atoms with E-state index >= 15 is 0 Å². The van der Waals surface area contributed by atoms with Gasteiger partial charge in [-0.1, -0.05) is 0 Å². The molecule has 1 fully saturated rings. The van der Waals surface area contributed by atoms with Crippen LogP contribution in [-0.2, 0) is 4.79 Å². The van der Waals surface area contributed by atoms with E-state index in [-0.39, 0.29) is 19.5 Å². The van der Waals surface area contributed by atoms with E-state index in [4.69, 9.17) is 0 Å². The van der Waals surface area contributed by atoms with Gasteiger partial charge < -0.3 is 10.2 Å². The van der Waals surface area contributed by atoms with Gasteiger partial charge in [-0.25, -0.2) is 26.7 Å². The predicted octanol–water partition coefficient (Wildman–Crippen LogP) is 2.03. The first kappa shape index (κ1) is 18.1. The van der Waals surface area contributed by atoms with Crippen LogP contribution >= 0.6 is 0 Å². The molecule has 1 radical (unpaired) electrons. The van der Waals surface area contributed by atoms with Gasteiger partial charge in [0.05, 0.1) is 0 Å². The molecule has 131 valence electrons. The number of carbonyl (C=O) groups is 1. The van der Waals surface area contributed by atoms with Gasteiger partial charge in [0.2, 0.25) is 5.82 Å². The van der Waals surface area contributed by atoms with Crippen molar-refractivity contribution in [2.45, 2.75) is 6.42 Å². The first-order valence-corrected chi connectivity index (χ1v) is 7.01. The number of amides is 2. The Morgan fingerprint density at radius 3 is 1.92 bits per heavy atom. The molecule has 0 saturated carbocycles. The van der Waals surface area contributed by atoms with Gasteiger partial charge in [-0.15, -0.1) is 0 Å². The second-order valence-corrected chi connectivity index (χ2v) is 5.10. The Kier molecular flexibility index (Phi) is 5.71. The monoisotopic (exact) mass is 350 g/mol. The molecule has 0 unspecified atom stereocenters. The zero-order valence-electron chi connectivity index (χ0n) is 12.3. The number of halogens is 5. The Morgan fingerprint density at radius 2 is 1.42 bits per heavy atom. The van der Waals surface area contributed by atoms with Crippen molar-refractivity contribution in [3.63, 3.8) is 0 Å². The number of nitrogens with zero attached hydrogens (tertiary/aromatic N) is 2. The lowest BCUT2D eigenvalue weighted by Crippen LogP contribution is -2.50. The topological polar surface area (TPSA) is 52.7 Å². The third-order valence-electron chi connectivity index (χ3n) is 3.63. The molecule has 24 heavy (non-hydrogen) atoms. The molecule has 0 bridgehead atoms. The maximum absolute atomic E-state index is 13.5. The number of benzene rings is 1. The molecule has 1 aliphatic heterocycles. The smallest absolute Gasteiger partial charge is 0.322 e. The number of hydrogen-bond donors (Lipinski definition) is 1. The fourth-order valence-electron chi connectivity index (χ4n) is 2.28. The SMILES string of the molecule is O=[C]CCN1CCN(C(=O)Nc2c(F)c(F)c(F)c(F)c2F)CC1. The minimum Gasteiger partial charge on any atom is -0.322 e. The van der Waals surface area contributed by atoms with Crippen molar-refractivity contribution in [1.29, 1.82) is 0 Å². The maximum atomic E-state index is 13.5. The quantitative estimate of drug-likeness (QED) is 0.514. The Labute approximate surface area is 134 Å². The van der Waals surface area contributed by atoms with Crippen LogP contribution in [0.2, 0.25) is 0 Å². The Morgan fingerprint density at radius 1 is 0.917 bits per heavy atom. The van der Waals surface area contributed by atoms with Crippen molar-refractivity contribution in [3.8, 4) is 0 Å². The van der Waals surface area contributed by atoms with E-state index in [0.717, 1.165) is 0 Å². The summed E-state index contributed by atoms with van der Waals surface area (Å²) in [5, 5.41) is 1.72. The molecule has 0 spiro atoms. The van der Waals surface area contributed by atoms with Gasteiger partial charge in [0.1, 0.15) is 5.69 Å². The summed E-state index contributed by atoms with van der Waals surface area (Å²) in [5.41, 5.74) is -1.38. The molecule has 1 aliphatic rings. The zero-order chi connectivity index (χ0) is 17.9. The van der Waals surface area contributed by atoms with E-state index in [1.165, 1.54) is 4.90 Å². The van der Waals surface area contributed by atoms with E-state index < -0.39 is 40.8 Å². The molecule has 1 aromatic rings. The Bertz CT molecular complexity index is 619. The number of rotatable bonds is 4.